The van der Waals surface area contributed by atoms with Crippen molar-refractivity contribution in [1.82, 2.24) is 0 Å². The molecule has 2 heteroatoms. The molecule has 2 nitrogen and oxygen atoms in total. The number of benzene rings is 2. The summed E-state index contributed by atoms with van der Waals surface area (Å²) in [5.74, 6) is -0.0000463. The van der Waals surface area contributed by atoms with Crippen molar-refractivity contribution in [1.29, 1.82) is 0 Å². The van der Waals surface area contributed by atoms with Gasteiger partial charge in [0.1, 0.15) is 6.26 Å². The Morgan fingerprint density at radius 3 is 2.50 bits per heavy atom. The summed E-state index contributed by atoms with van der Waals surface area (Å²) in [6, 6.07) is 13.5. The lowest BCUT2D eigenvalue weighted by molar-refractivity contribution is 0.103. The van der Waals surface area contributed by atoms with Gasteiger partial charge in [-0.2, -0.15) is 0 Å². The zero-order valence-electron chi connectivity index (χ0n) is 10.0. The van der Waals surface area contributed by atoms with E-state index in [1.54, 1.807) is 6.07 Å². The smallest absolute Gasteiger partial charge is 0.196 e. The summed E-state index contributed by atoms with van der Waals surface area (Å²) < 4.78 is 4.97. The van der Waals surface area contributed by atoms with E-state index in [0.717, 1.165) is 16.3 Å². The Balaban J connectivity index is 2.25. The van der Waals surface area contributed by atoms with Gasteiger partial charge in [-0.3, -0.25) is 4.79 Å². The van der Waals surface area contributed by atoms with Gasteiger partial charge < -0.3 is 4.42 Å². The summed E-state index contributed by atoms with van der Waals surface area (Å²) in [6.45, 7) is 2.05. The molecule has 18 heavy (non-hydrogen) atoms. The van der Waals surface area contributed by atoms with Crippen LogP contribution in [0, 0.1) is 6.92 Å². The van der Waals surface area contributed by atoms with Gasteiger partial charge in [0.25, 0.3) is 0 Å². The molecule has 0 spiro atoms. The highest BCUT2D eigenvalue weighted by atomic mass is 16.3. The van der Waals surface area contributed by atoms with Gasteiger partial charge in [0.15, 0.2) is 5.78 Å². The van der Waals surface area contributed by atoms with Crippen LogP contribution in [0.4, 0.5) is 0 Å². The van der Waals surface area contributed by atoms with Gasteiger partial charge in [-0.15, -0.1) is 0 Å². The maximum Gasteiger partial charge on any atom is 0.196 e. The van der Waals surface area contributed by atoms with Crippen molar-refractivity contribution in [3.8, 4) is 0 Å². The first-order valence-electron chi connectivity index (χ1n) is 5.82. The highest BCUT2D eigenvalue weighted by molar-refractivity contribution is 6.16. The van der Waals surface area contributed by atoms with Crippen LogP contribution in [-0.2, 0) is 0 Å². The van der Waals surface area contributed by atoms with E-state index in [1.807, 2.05) is 36.4 Å². The number of furan rings is 1. The fourth-order valence-corrected chi connectivity index (χ4v) is 2.20. The molecule has 0 fully saturated rings. The highest BCUT2D eigenvalue weighted by Crippen LogP contribution is 2.24. The molecule has 1 aromatic heterocycles. The summed E-state index contributed by atoms with van der Waals surface area (Å²) in [4.78, 5) is 12.4. The van der Waals surface area contributed by atoms with E-state index in [9.17, 15) is 4.79 Å². The zero-order valence-corrected chi connectivity index (χ0v) is 10.0. The quantitative estimate of drug-likeness (QED) is 0.630. The average molecular weight is 236 g/mol. The Morgan fingerprint density at radius 2 is 1.78 bits per heavy atom. The summed E-state index contributed by atoms with van der Waals surface area (Å²) in [7, 11) is 0. The third-order valence-electron chi connectivity index (χ3n) is 3.17. The molecule has 88 valence electrons. The average Bonchev–Trinajstić information content (AvgIpc) is 2.93. The van der Waals surface area contributed by atoms with Crippen molar-refractivity contribution in [3.05, 3.63) is 71.7 Å². The second kappa shape index (κ2) is 4.15. The number of rotatable bonds is 2. The molecule has 0 radical (unpaired) electrons. The largest absolute Gasteiger partial charge is 0.472 e. The van der Waals surface area contributed by atoms with Gasteiger partial charge in [0, 0.05) is 5.56 Å². The van der Waals surface area contributed by atoms with Crippen molar-refractivity contribution in [3.63, 3.8) is 0 Å². The lowest BCUT2D eigenvalue weighted by Crippen LogP contribution is -2.01. The van der Waals surface area contributed by atoms with Crippen LogP contribution in [0.3, 0.4) is 0 Å². The first kappa shape index (κ1) is 10.8. The topological polar surface area (TPSA) is 30.2 Å². The molecular formula is C16H12O2. The van der Waals surface area contributed by atoms with Gasteiger partial charge in [-0.25, -0.2) is 0 Å². The molecule has 0 aliphatic rings. The number of aryl methyl sites for hydroxylation is 1. The number of carbonyl (C=O) groups is 1. The fraction of sp³-hybridized carbons (Fsp3) is 0.0625. The van der Waals surface area contributed by atoms with E-state index < -0.39 is 0 Å². The molecule has 0 saturated carbocycles. The van der Waals surface area contributed by atoms with Crippen molar-refractivity contribution in [2.45, 2.75) is 6.92 Å². The van der Waals surface area contributed by atoms with Gasteiger partial charge in [-0.1, -0.05) is 36.4 Å². The first-order valence-corrected chi connectivity index (χ1v) is 5.82. The highest BCUT2D eigenvalue weighted by Gasteiger charge is 2.13. The molecule has 0 N–H and O–H groups in total. The summed E-state index contributed by atoms with van der Waals surface area (Å²) in [6.07, 6.45) is 3.00. The molecule has 0 saturated heterocycles. The number of carbonyl (C=O) groups excluding carboxylic acids is 1. The minimum Gasteiger partial charge on any atom is -0.472 e. The molecule has 1 heterocycles. The number of hydrogen-bond donors (Lipinski definition) is 0. The molecule has 0 unspecified atom stereocenters. The van der Waals surface area contributed by atoms with E-state index in [0.29, 0.717) is 5.56 Å². The monoisotopic (exact) mass is 236 g/mol. The van der Waals surface area contributed by atoms with Crippen LogP contribution in [0.25, 0.3) is 10.8 Å². The standard InChI is InChI=1S/C16H12O2/c1-11-6-7-15(14-5-3-2-4-13(11)14)16(17)12-8-9-18-10-12/h2-10H,1H3. The molecule has 3 aromatic rings. The van der Waals surface area contributed by atoms with E-state index in [4.69, 9.17) is 4.42 Å². The van der Waals surface area contributed by atoms with Crippen molar-refractivity contribution < 1.29 is 9.21 Å². The van der Waals surface area contributed by atoms with Crippen LogP contribution in [0.2, 0.25) is 0 Å². The van der Waals surface area contributed by atoms with Crippen molar-refractivity contribution >= 4 is 16.6 Å². The predicted molar refractivity (Wildman–Crippen MR) is 70.8 cm³/mol. The zero-order chi connectivity index (χ0) is 12.5. The Labute approximate surface area is 105 Å². The number of fused-ring (bicyclic) bond motifs is 1. The van der Waals surface area contributed by atoms with E-state index in [2.05, 4.69) is 6.92 Å². The Kier molecular flexibility index (Phi) is 2.49. The first-order chi connectivity index (χ1) is 8.77. The molecule has 0 aliphatic carbocycles. The third kappa shape index (κ3) is 1.63. The normalized spacial score (nSPS) is 10.7. The van der Waals surface area contributed by atoms with E-state index in [1.165, 1.54) is 18.1 Å². The Bertz CT molecular complexity index is 709. The van der Waals surface area contributed by atoms with Crippen LogP contribution in [0.1, 0.15) is 21.5 Å². The molecule has 0 bridgehead atoms. The molecule has 3 rings (SSSR count). The van der Waals surface area contributed by atoms with Crippen LogP contribution in [0.15, 0.2) is 59.4 Å². The lowest BCUT2D eigenvalue weighted by atomic mass is 9.96. The van der Waals surface area contributed by atoms with Crippen LogP contribution in [0.5, 0.6) is 0 Å². The predicted octanol–water partition coefficient (Wildman–Crippen LogP) is 3.97. The molecule has 0 amide bonds. The van der Waals surface area contributed by atoms with E-state index in [-0.39, 0.29) is 5.78 Å². The SMILES string of the molecule is Cc1ccc(C(=O)c2ccoc2)c2ccccc12. The molecule has 2 aromatic carbocycles. The number of ketones is 1. The van der Waals surface area contributed by atoms with Crippen molar-refractivity contribution in [2.75, 3.05) is 0 Å². The summed E-state index contributed by atoms with van der Waals surface area (Å²) >= 11 is 0. The summed E-state index contributed by atoms with van der Waals surface area (Å²) in [5, 5.41) is 2.11. The fourth-order valence-electron chi connectivity index (χ4n) is 2.20. The number of hydrogen-bond acceptors (Lipinski definition) is 2. The lowest BCUT2D eigenvalue weighted by Gasteiger charge is -2.07. The second-order valence-electron chi connectivity index (χ2n) is 4.32. The van der Waals surface area contributed by atoms with E-state index >= 15 is 0 Å². The third-order valence-corrected chi connectivity index (χ3v) is 3.17. The molecule has 0 aliphatic heterocycles. The minimum absolute atomic E-state index is 0.0000463. The molecule has 0 atom stereocenters. The Morgan fingerprint density at radius 1 is 1.00 bits per heavy atom. The van der Waals surface area contributed by atoms with Crippen LogP contribution < -0.4 is 0 Å². The minimum atomic E-state index is -0.0000463. The summed E-state index contributed by atoms with van der Waals surface area (Å²) in [5.41, 5.74) is 2.48. The van der Waals surface area contributed by atoms with Gasteiger partial charge in [0.2, 0.25) is 0 Å². The van der Waals surface area contributed by atoms with Gasteiger partial charge in [0.05, 0.1) is 11.8 Å². The van der Waals surface area contributed by atoms with Gasteiger partial charge >= 0.3 is 0 Å². The van der Waals surface area contributed by atoms with Crippen molar-refractivity contribution in [2.24, 2.45) is 0 Å². The Hall–Kier alpha value is -2.35. The maximum atomic E-state index is 12.4. The second-order valence-corrected chi connectivity index (χ2v) is 4.32. The maximum absolute atomic E-state index is 12.4. The van der Waals surface area contributed by atoms with Gasteiger partial charge in [-0.05, 0) is 29.3 Å². The van der Waals surface area contributed by atoms with Crippen LogP contribution >= 0.6 is 0 Å². The molecular weight excluding hydrogens is 224 g/mol. The van der Waals surface area contributed by atoms with Crippen LogP contribution in [-0.4, -0.2) is 5.78 Å².